The van der Waals surface area contributed by atoms with E-state index in [1.165, 1.54) is 12.1 Å². The van der Waals surface area contributed by atoms with Crippen LogP contribution in [0.5, 0.6) is 0 Å². The second kappa shape index (κ2) is 5.94. The first-order chi connectivity index (χ1) is 10.3. The molecule has 0 amide bonds. The number of nitrogens with one attached hydrogen (secondary N) is 1. The molecule has 2 rings (SSSR count). The van der Waals surface area contributed by atoms with E-state index in [4.69, 9.17) is 5.84 Å². The Labute approximate surface area is 131 Å². The number of hydrogen-bond donors (Lipinski definition) is 2. The minimum Gasteiger partial charge on any atom is -0.324 e. The number of anilines is 1. The Morgan fingerprint density at radius 3 is 2.41 bits per heavy atom. The van der Waals surface area contributed by atoms with Gasteiger partial charge in [0.15, 0.2) is 0 Å². The number of rotatable bonds is 4. The lowest BCUT2D eigenvalue weighted by Gasteiger charge is -2.21. The number of sulfone groups is 1. The van der Waals surface area contributed by atoms with Crippen molar-refractivity contribution >= 4 is 15.5 Å². The highest BCUT2D eigenvalue weighted by Gasteiger charge is 2.23. The molecule has 0 spiro atoms. The van der Waals surface area contributed by atoms with Crippen molar-refractivity contribution < 1.29 is 8.42 Å². The maximum Gasteiger partial charge on any atom is 0.206 e. The third-order valence-corrected chi connectivity index (χ3v) is 5.64. The van der Waals surface area contributed by atoms with Crippen molar-refractivity contribution in [1.82, 2.24) is 0 Å². The van der Waals surface area contributed by atoms with E-state index in [1.807, 2.05) is 26.0 Å². The van der Waals surface area contributed by atoms with Gasteiger partial charge in [-0.25, -0.2) is 8.42 Å². The maximum absolute atomic E-state index is 12.7. The largest absolute Gasteiger partial charge is 0.324 e. The van der Waals surface area contributed by atoms with Crippen LogP contribution in [0.25, 0.3) is 0 Å². The van der Waals surface area contributed by atoms with Crippen LogP contribution in [0.2, 0.25) is 0 Å². The molecule has 116 valence electrons. The van der Waals surface area contributed by atoms with Gasteiger partial charge in [0.05, 0.1) is 9.80 Å². The van der Waals surface area contributed by atoms with Gasteiger partial charge in [0.25, 0.3) is 0 Å². The fourth-order valence-corrected chi connectivity index (χ4v) is 3.31. The van der Waals surface area contributed by atoms with Gasteiger partial charge in [-0.1, -0.05) is 30.4 Å². The Kier molecular flexibility index (Phi) is 4.39. The Morgan fingerprint density at radius 2 is 1.86 bits per heavy atom. The molecular weight excluding hydrogens is 296 g/mol. The predicted octanol–water partition coefficient (Wildman–Crippen LogP) is 3.34. The van der Waals surface area contributed by atoms with Crippen LogP contribution in [0, 0.1) is 5.41 Å². The molecule has 1 unspecified atom stereocenters. The number of allylic oxidation sites excluding steroid dienone is 6. The van der Waals surface area contributed by atoms with Gasteiger partial charge < -0.3 is 5.43 Å². The van der Waals surface area contributed by atoms with Crippen LogP contribution in [0.15, 0.2) is 76.6 Å². The monoisotopic (exact) mass is 316 g/mol. The predicted molar refractivity (Wildman–Crippen MR) is 90.7 cm³/mol. The molecule has 1 aliphatic carbocycles. The number of benzene rings is 1. The van der Waals surface area contributed by atoms with Gasteiger partial charge in [-0.05, 0) is 50.3 Å². The zero-order chi connectivity index (χ0) is 16.4. The van der Waals surface area contributed by atoms with Crippen LogP contribution in [-0.4, -0.2) is 8.42 Å². The lowest BCUT2D eigenvalue weighted by molar-refractivity contribution is 0.603. The number of nitrogen functional groups attached to an aromatic ring is 1. The van der Waals surface area contributed by atoms with Crippen molar-refractivity contribution in [2.24, 2.45) is 11.3 Å². The molecule has 1 aliphatic rings. The van der Waals surface area contributed by atoms with Crippen LogP contribution in [0.4, 0.5) is 5.69 Å². The van der Waals surface area contributed by atoms with Gasteiger partial charge >= 0.3 is 0 Å². The van der Waals surface area contributed by atoms with Crippen molar-refractivity contribution in [2.75, 3.05) is 5.43 Å². The molecule has 0 aliphatic heterocycles. The van der Waals surface area contributed by atoms with E-state index in [0.29, 0.717) is 5.69 Å². The lowest BCUT2D eigenvalue weighted by Crippen LogP contribution is -2.10. The minimum absolute atomic E-state index is 0.231. The van der Waals surface area contributed by atoms with Crippen molar-refractivity contribution in [3.8, 4) is 0 Å². The highest BCUT2D eigenvalue weighted by Crippen LogP contribution is 2.33. The third kappa shape index (κ3) is 3.05. The van der Waals surface area contributed by atoms with Gasteiger partial charge in [0, 0.05) is 11.1 Å². The fourth-order valence-electron chi connectivity index (χ4n) is 2.04. The molecule has 3 N–H and O–H groups in total. The summed E-state index contributed by atoms with van der Waals surface area (Å²) in [6.07, 6.45) is 8.80. The summed E-state index contributed by atoms with van der Waals surface area (Å²) in [5, 5.41) is 0. The first-order valence-electron chi connectivity index (χ1n) is 6.86. The normalized spacial score (nSPS) is 21.1. The van der Waals surface area contributed by atoms with E-state index in [-0.39, 0.29) is 15.2 Å². The molecule has 0 radical (unpaired) electrons. The standard InChI is InChI=1S/C17H20N2O2S/c1-13(2)17(3)11-4-5-15(10-12-17)22(20,21)16-8-6-14(19-18)7-9-16/h4-12,19H,1,18H2,2-3H3. The molecule has 0 saturated heterocycles. The van der Waals surface area contributed by atoms with Crippen LogP contribution < -0.4 is 11.3 Å². The Hall–Kier alpha value is -2.11. The quantitative estimate of drug-likeness (QED) is 0.508. The van der Waals surface area contributed by atoms with Crippen LogP contribution in [0.1, 0.15) is 13.8 Å². The molecule has 0 saturated carbocycles. The van der Waals surface area contributed by atoms with Crippen LogP contribution in [-0.2, 0) is 9.84 Å². The summed E-state index contributed by atoms with van der Waals surface area (Å²) in [5.41, 5.74) is 3.73. The average Bonchev–Trinajstić information content (AvgIpc) is 2.71. The first kappa shape index (κ1) is 16.3. The van der Waals surface area contributed by atoms with Gasteiger partial charge in [0.2, 0.25) is 9.84 Å². The summed E-state index contributed by atoms with van der Waals surface area (Å²) in [6.45, 7) is 7.88. The minimum atomic E-state index is -3.56. The van der Waals surface area contributed by atoms with Crippen molar-refractivity contribution in [3.63, 3.8) is 0 Å². The fraction of sp³-hybridized carbons (Fsp3) is 0.176. The maximum atomic E-state index is 12.7. The summed E-state index contributed by atoms with van der Waals surface area (Å²) in [7, 11) is -3.56. The molecule has 4 nitrogen and oxygen atoms in total. The van der Waals surface area contributed by atoms with E-state index >= 15 is 0 Å². The molecular formula is C17H20N2O2S. The second-order valence-corrected chi connectivity index (χ2v) is 7.45. The van der Waals surface area contributed by atoms with Gasteiger partial charge in [0.1, 0.15) is 0 Å². The number of nitrogens with two attached hydrogens (primary N) is 1. The Balaban J connectivity index is 2.40. The SMILES string of the molecule is C=C(C)C1(C)C=CC=C(S(=O)(=O)c2ccc(NN)cc2)C=C1. The Bertz CT molecular complexity index is 771. The molecule has 0 bridgehead atoms. The molecule has 0 heterocycles. The highest BCUT2D eigenvalue weighted by molar-refractivity contribution is 7.95. The van der Waals surface area contributed by atoms with Crippen LogP contribution >= 0.6 is 0 Å². The van der Waals surface area contributed by atoms with E-state index in [0.717, 1.165) is 5.57 Å². The van der Waals surface area contributed by atoms with Crippen molar-refractivity contribution in [1.29, 1.82) is 0 Å². The van der Waals surface area contributed by atoms with Crippen molar-refractivity contribution in [2.45, 2.75) is 18.7 Å². The van der Waals surface area contributed by atoms with Gasteiger partial charge in [-0.3, -0.25) is 5.84 Å². The average molecular weight is 316 g/mol. The molecule has 1 aromatic rings. The first-order valence-corrected chi connectivity index (χ1v) is 8.34. The smallest absolute Gasteiger partial charge is 0.206 e. The van der Waals surface area contributed by atoms with Gasteiger partial charge in [-0.15, -0.1) is 0 Å². The van der Waals surface area contributed by atoms with E-state index in [1.54, 1.807) is 30.4 Å². The zero-order valence-corrected chi connectivity index (χ0v) is 13.5. The summed E-state index contributed by atoms with van der Waals surface area (Å²) >= 11 is 0. The second-order valence-electron chi connectivity index (χ2n) is 5.50. The molecule has 1 aromatic carbocycles. The topological polar surface area (TPSA) is 72.2 Å². The zero-order valence-electron chi connectivity index (χ0n) is 12.7. The number of hydrogen-bond acceptors (Lipinski definition) is 4. The molecule has 22 heavy (non-hydrogen) atoms. The Morgan fingerprint density at radius 1 is 1.23 bits per heavy atom. The van der Waals surface area contributed by atoms with E-state index in [2.05, 4.69) is 12.0 Å². The van der Waals surface area contributed by atoms with Gasteiger partial charge in [-0.2, -0.15) is 0 Å². The molecule has 5 heteroatoms. The van der Waals surface area contributed by atoms with E-state index < -0.39 is 9.84 Å². The number of hydrazine groups is 1. The highest BCUT2D eigenvalue weighted by atomic mass is 32.2. The molecule has 0 fully saturated rings. The summed E-state index contributed by atoms with van der Waals surface area (Å²) in [6, 6.07) is 6.32. The summed E-state index contributed by atoms with van der Waals surface area (Å²) in [5.74, 6) is 5.29. The lowest BCUT2D eigenvalue weighted by atomic mass is 9.83. The summed E-state index contributed by atoms with van der Waals surface area (Å²) < 4.78 is 25.4. The van der Waals surface area contributed by atoms with E-state index in [9.17, 15) is 8.42 Å². The third-order valence-electron chi connectivity index (χ3n) is 3.86. The van der Waals surface area contributed by atoms with Crippen molar-refractivity contribution in [3.05, 3.63) is 71.7 Å². The van der Waals surface area contributed by atoms with Crippen LogP contribution in [0.3, 0.4) is 0 Å². The molecule has 1 atom stereocenters. The molecule has 0 aromatic heterocycles. The summed E-state index contributed by atoms with van der Waals surface area (Å²) in [4.78, 5) is 0.483.